The van der Waals surface area contributed by atoms with Crippen molar-refractivity contribution in [3.05, 3.63) is 95.4 Å². The molecule has 0 saturated carbocycles. The number of rotatable bonds is 6. The van der Waals surface area contributed by atoms with Crippen molar-refractivity contribution in [2.24, 2.45) is 0 Å². The second-order valence-corrected chi connectivity index (χ2v) is 10.3. The molecule has 1 fully saturated rings. The number of piperazine rings is 1. The number of hydrogen-bond acceptors (Lipinski definition) is 8. The van der Waals surface area contributed by atoms with Crippen LogP contribution in [0.25, 0.3) is 11.3 Å². The Morgan fingerprint density at radius 3 is 2.36 bits per heavy atom. The maximum absolute atomic E-state index is 13.4. The highest BCUT2D eigenvalue weighted by atomic mass is 16.5. The summed E-state index contributed by atoms with van der Waals surface area (Å²) in [7, 11) is 3.37. The van der Waals surface area contributed by atoms with Crippen LogP contribution in [-0.2, 0) is 20.7 Å². The molecule has 3 heterocycles. The third-order valence-corrected chi connectivity index (χ3v) is 7.55. The Labute approximate surface area is 243 Å². The highest BCUT2D eigenvalue weighted by Crippen LogP contribution is 2.40. The van der Waals surface area contributed by atoms with Gasteiger partial charge in [-0.3, -0.25) is 9.59 Å². The van der Waals surface area contributed by atoms with Gasteiger partial charge < -0.3 is 34.6 Å². The van der Waals surface area contributed by atoms with Crippen molar-refractivity contribution >= 4 is 40.4 Å². The third kappa shape index (κ3) is 5.44. The SMILES string of the molecule is COC(=O)c1ccc2c(c1)NC(=O)/C2=C(\Nc1ccc(CC(=O)N2CCN(C)CC2)cc1)c1ccc2c(c1)OC=CO2. The second kappa shape index (κ2) is 11.4. The third-order valence-electron chi connectivity index (χ3n) is 7.55. The number of esters is 1. The monoisotopic (exact) mass is 566 g/mol. The summed E-state index contributed by atoms with van der Waals surface area (Å²) in [5.41, 5.74) is 4.76. The lowest BCUT2D eigenvalue weighted by atomic mass is 9.98. The second-order valence-electron chi connectivity index (χ2n) is 10.3. The molecule has 0 aliphatic carbocycles. The van der Waals surface area contributed by atoms with Gasteiger partial charge in [-0.1, -0.05) is 18.2 Å². The van der Waals surface area contributed by atoms with E-state index in [4.69, 9.17) is 14.2 Å². The predicted molar refractivity (Wildman–Crippen MR) is 158 cm³/mol. The van der Waals surface area contributed by atoms with Crippen LogP contribution in [0.1, 0.15) is 27.0 Å². The Morgan fingerprint density at radius 1 is 0.905 bits per heavy atom. The van der Waals surface area contributed by atoms with Gasteiger partial charge in [-0.05, 0) is 55.1 Å². The number of carbonyl (C=O) groups is 3. The van der Waals surface area contributed by atoms with Crippen LogP contribution < -0.4 is 20.1 Å². The number of nitrogens with zero attached hydrogens (tertiary/aromatic N) is 2. The van der Waals surface area contributed by atoms with E-state index in [1.54, 1.807) is 30.3 Å². The molecule has 0 spiro atoms. The van der Waals surface area contributed by atoms with Gasteiger partial charge in [0.15, 0.2) is 11.5 Å². The molecule has 3 aromatic carbocycles. The maximum Gasteiger partial charge on any atom is 0.337 e. The fourth-order valence-electron chi connectivity index (χ4n) is 5.19. The normalized spacial score (nSPS) is 16.9. The van der Waals surface area contributed by atoms with Gasteiger partial charge in [0.1, 0.15) is 12.5 Å². The molecular weight excluding hydrogens is 536 g/mol. The quantitative estimate of drug-likeness (QED) is 0.341. The lowest BCUT2D eigenvalue weighted by Crippen LogP contribution is -2.47. The summed E-state index contributed by atoms with van der Waals surface area (Å²) >= 11 is 0. The van der Waals surface area contributed by atoms with Crippen LogP contribution in [-0.4, -0.2) is 67.9 Å². The van der Waals surface area contributed by atoms with Crippen LogP contribution in [0.15, 0.2) is 73.2 Å². The number of fused-ring (bicyclic) bond motifs is 2. The molecule has 0 aromatic heterocycles. The number of ether oxygens (including phenoxy) is 3. The fourth-order valence-corrected chi connectivity index (χ4v) is 5.19. The summed E-state index contributed by atoms with van der Waals surface area (Å²) in [6.45, 7) is 3.23. The molecule has 10 heteroatoms. The van der Waals surface area contributed by atoms with E-state index in [9.17, 15) is 14.4 Å². The van der Waals surface area contributed by atoms with Gasteiger partial charge in [0.25, 0.3) is 5.91 Å². The van der Waals surface area contributed by atoms with Gasteiger partial charge in [0.2, 0.25) is 5.91 Å². The minimum absolute atomic E-state index is 0.113. The van der Waals surface area contributed by atoms with Gasteiger partial charge in [-0.25, -0.2) is 4.79 Å². The van der Waals surface area contributed by atoms with Crippen LogP contribution in [0.3, 0.4) is 0 Å². The van der Waals surface area contributed by atoms with Crippen molar-refractivity contribution < 1.29 is 28.6 Å². The lowest BCUT2D eigenvalue weighted by molar-refractivity contribution is -0.132. The van der Waals surface area contributed by atoms with E-state index in [2.05, 4.69) is 22.6 Å². The van der Waals surface area contributed by atoms with E-state index in [0.29, 0.717) is 51.6 Å². The summed E-state index contributed by atoms with van der Waals surface area (Å²) in [4.78, 5) is 42.4. The molecule has 6 rings (SSSR count). The van der Waals surface area contributed by atoms with E-state index >= 15 is 0 Å². The highest BCUT2D eigenvalue weighted by Gasteiger charge is 2.30. The lowest BCUT2D eigenvalue weighted by Gasteiger charge is -2.32. The van der Waals surface area contributed by atoms with Gasteiger partial charge in [-0.2, -0.15) is 0 Å². The van der Waals surface area contributed by atoms with Crippen LogP contribution in [0.2, 0.25) is 0 Å². The molecule has 3 aliphatic rings. The van der Waals surface area contributed by atoms with Gasteiger partial charge in [-0.15, -0.1) is 0 Å². The number of nitrogens with one attached hydrogen (secondary N) is 2. The molecule has 0 bridgehead atoms. The molecule has 214 valence electrons. The molecule has 10 nitrogen and oxygen atoms in total. The zero-order valence-corrected chi connectivity index (χ0v) is 23.3. The van der Waals surface area contributed by atoms with Crippen LogP contribution >= 0.6 is 0 Å². The van der Waals surface area contributed by atoms with E-state index in [0.717, 1.165) is 37.4 Å². The number of hydrogen-bond donors (Lipinski definition) is 2. The van der Waals surface area contributed by atoms with Crippen LogP contribution in [0.5, 0.6) is 11.5 Å². The molecule has 3 aromatic rings. The van der Waals surface area contributed by atoms with Crippen LogP contribution in [0.4, 0.5) is 11.4 Å². The van der Waals surface area contributed by atoms with Crippen molar-refractivity contribution in [1.29, 1.82) is 0 Å². The average Bonchev–Trinajstić information content (AvgIpc) is 3.34. The van der Waals surface area contributed by atoms with E-state index < -0.39 is 5.97 Å². The summed E-state index contributed by atoms with van der Waals surface area (Å²) in [5, 5.41) is 6.30. The fraction of sp³-hybridized carbons (Fsp3) is 0.219. The zero-order valence-electron chi connectivity index (χ0n) is 23.3. The van der Waals surface area contributed by atoms with Crippen molar-refractivity contribution in [1.82, 2.24) is 9.80 Å². The van der Waals surface area contributed by atoms with Crippen molar-refractivity contribution in [2.45, 2.75) is 6.42 Å². The number of benzene rings is 3. The summed E-state index contributed by atoms with van der Waals surface area (Å²) in [5.74, 6) is 0.362. The minimum Gasteiger partial charge on any atom is -0.465 e. The summed E-state index contributed by atoms with van der Waals surface area (Å²) in [6, 6.07) is 18.0. The molecule has 2 N–H and O–H groups in total. The van der Waals surface area contributed by atoms with Crippen LogP contribution in [0, 0.1) is 0 Å². The van der Waals surface area contributed by atoms with Gasteiger partial charge >= 0.3 is 5.97 Å². The van der Waals surface area contributed by atoms with E-state index in [1.807, 2.05) is 35.2 Å². The van der Waals surface area contributed by atoms with Crippen molar-refractivity contribution in [2.75, 3.05) is 51.0 Å². The molecular formula is C32H30N4O6. The van der Waals surface area contributed by atoms with Gasteiger partial charge in [0.05, 0.1) is 36.1 Å². The molecule has 3 aliphatic heterocycles. The highest BCUT2D eigenvalue weighted by molar-refractivity contribution is 6.37. The van der Waals surface area contributed by atoms with E-state index in [-0.39, 0.29) is 11.8 Å². The molecule has 2 amide bonds. The zero-order chi connectivity index (χ0) is 29.2. The summed E-state index contributed by atoms with van der Waals surface area (Å²) in [6.07, 6.45) is 3.22. The Bertz CT molecular complexity index is 1620. The molecule has 0 radical (unpaired) electrons. The average molecular weight is 567 g/mol. The number of methoxy groups -OCH3 is 1. The van der Waals surface area contributed by atoms with E-state index in [1.165, 1.54) is 19.6 Å². The first-order valence-electron chi connectivity index (χ1n) is 13.6. The Morgan fingerprint density at radius 2 is 1.62 bits per heavy atom. The van der Waals surface area contributed by atoms with Crippen molar-refractivity contribution in [3.8, 4) is 11.5 Å². The number of carbonyl (C=O) groups excluding carboxylic acids is 3. The van der Waals surface area contributed by atoms with Crippen molar-refractivity contribution in [3.63, 3.8) is 0 Å². The Hall–Kier alpha value is -5.09. The first-order valence-corrected chi connectivity index (χ1v) is 13.6. The Kier molecular flexibility index (Phi) is 7.37. The minimum atomic E-state index is -0.492. The topological polar surface area (TPSA) is 109 Å². The molecule has 0 atom stereocenters. The number of amides is 2. The maximum atomic E-state index is 13.4. The first kappa shape index (κ1) is 27.1. The first-order chi connectivity index (χ1) is 20.4. The molecule has 0 unspecified atom stereocenters. The smallest absolute Gasteiger partial charge is 0.337 e. The summed E-state index contributed by atoms with van der Waals surface area (Å²) < 4.78 is 16.0. The Balaban J connectivity index is 1.32. The molecule has 42 heavy (non-hydrogen) atoms. The number of likely N-dealkylation sites (N-methyl/N-ethyl adjacent to an activating group) is 1. The molecule has 1 saturated heterocycles. The standard InChI is InChI=1S/C32H30N4O6/c1-35-11-13-36(14-12-35)28(37)17-20-3-7-23(8-4-20)33-30(21-6-10-26-27(19-21)42-16-15-41-26)29-24-9-5-22(32(39)40-2)18-25(24)34-31(29)38/h3-10,15-16,18-19,33H,11-14,17H2,1-2H3,(H,34,38)/b30-29-. The predicted octanol–water partition coefficient (Wildman–Crippen LogP) is 3.96. The number of anilines is 2. The largest absolute Gasteiger partial charge is 0.465 e. The van der Waals surface area contributed by atoms with Gasteiger partial charge in [0, 0.05) is 43.0 Å².